The summed E-state index contributed by atoms with van der Waals surface area (Å²) in [6.07, 6.45) is 12.5. The number of aromatic nitrogens is 1. The van der Waals surface area contributed by atoms with Crippen LogP contribution in [0.15, 0.2) is 16.3 Å². The van der Waals surface area contributed by atoms with E-state index in [1.807, 2.05) is 6.20 Å². The lowest BCUT2D eigenvalue weighted by atomic mass is 9.47. The van der Waals surface area contributed by atoms with Crippen molar-refractivity contribution in [2.45, 2.75) is 71.8 Å². The first kappa shape index (κ1) is 16.6. The van der Waals surface area contributed by atoms with Gasteiger partial charge in [0.15, 0.2) is 5.76 Å². The van der Waals surface area contributed by atoms with Gasteiger partial charge in [-0.25, -0.2) is 0 Å². The molecule has 4 heteroatoms. The van der Waals surface area contributed by atoms with Crippen molar-refractivity contribution in [3.05, 3.63) is 23.1 Å². The molecule has 0 radical (unpaired) electrons. The van der Waals surface area contributed by atoms with E-state index in [9.17, 15) is 4.79 Å². The van der Waals surface area contributed by atoms with Crippen LogP contribution in [0.25, 0.3) is 6.08 Å². The number of carbonyl (C=O) groups is 1. The van der Waals surface area contributed by atoms with Gasteiger partial charge in [-0.1, -0.05) is 24.6 Å². The molecule has 0 spiro atoms. The Kier molecular flexibility index (Phi) is 3.48. The lowest BCUT2D eigenvalue weighted by molar-refractivity contribution is -0.157. The minimum Gasteiger partial charge on any atom is -0.462 e. The predicted octanol–water partition coefficient (Wildman–Crippen LogP) is 4.79. The van der Waals surface area contributed by atoms with Gasteiger partial charge >= 0.3 is 5.97 Å². The number of allylic oxidation sites excluding steroid dienone is 1. The summed E-state index contributed by atoms with van der Waals surface area (Å²) >= 11 is 0. The smallest absolute Gasteiger partial charge is 0.302 e. The van der Waals surface area contributed by atoms with E-state index in [0.29, 0.717) is 5.92 Å². The van der Waals surface area contributed by atoms with E-state index in [-0.39, 0.29) is 22.9 Å². The summed E-state index contributed by atoms with van der Waals surface area (Å²) in [5.74, 6) is 3.02. The van der Waals surface area contributed by atoms with Gasteiger partial charge in [-0.2, -0.15) is 0 Å². The average Bonchev–Trinajstić information content (AvgIpc) is 3.16. The summed E-state index contributed by atoms with van der Waals surface area (Å²) in [4.78, 5) is 11.6. The van der Waals surface area contributed by atoms with Crippen LogP contribution in [0.4, 0.5) is 0 Å². The van der Waals surface area contributed by atoms with Crippen LogP contribution in [0.1, 0.15) is 70.6 Å². The standard InChI is InChI=1S/C22H29NO3/c1-13(24)25-20-7-6-17-16-5-4-15-10-19-14(12-23-26-19)11-22(15,3)18(16)8-9-21(17,20)2/h10,12,16-18,20H,4-9,11H2,1-3H3/t16-,17-,18-,20?,21-,22-/m0/s1. The molecule has 1 aromatic rings. The van der Waals surface area contributed by atoms with Gasteiger partial charge in [0.25, 0.3) is 0 Å². The van der Waals surface area contributed by atoms with Crippen molar-refractivity contribution in [3.8, 4) is 0 Å². The summed E-state index contributed by atoms with van der Waals surface area (Å²) < 4.78 is 11.2. The highest BCUT2D eigenvalue weighted by Gasteiger charge is 2.60. The van der Waals surface area contributed by atoms with Gasteiger partial charge in [0.05, 0.1) is 6.20 Å². The average molecular weight is 355 g/mol. The van der Waals surface area contributed by atoms with Gasteiger partial charge in [-0.3, -0.25) is 4.79 Å². The molecule has 1 heterocycles. The van der Waals surface area contributed by atoms with Gasteiger partial charge in [0, 0.05) is 17.9 Å². The highest BCUT2D eigenvalue weighted by atomic mass is 16.5. The number of hydrogen-bond acceptors (Lipinski definition) is 4. The van der Waals surface area contributed by atoms with Crippen molar-refractivity contribution in [2.75, 3.05) is 0 Å². The van der Waals surface area contributed by atoms with Crippen LogP contribution >= 0.6 is 0 Å². The first-order valence-corrected chi connectivity index (χ1v) is 10.2. The van der Waals surface area contributed by atoms with Crippen molar-refractivity contribution in [1.29, 1.82) is 0 Å². The Morgan fingerprint density at radius 2 is 2.08 bits per heavy atom. The van der Waals surface area contributed by atoms with Crippen molar-refractivity contribution < 1.29 is 14.1 Å². The van der Waals surface area contributed by atoms with Gasteiger partial charge in [0.2, 0.25) is 0 Å². The maximum absolute atomic E-state index is 11.6. The quantitative estimate of drug-likeness (QED) is 0.680. The topological polar surface area (TPSA) is 52.3 Å². The van der Waals surface area contributed by atoms with Gasteiger partial charge in [-0.05, 0) is 74.2 Å². The minimum absolute atomic E-state index is 0.117. The highest BCUT2D eigenvalue weighted by molar-refractivity contribution is 5.66. The van der Waals surface area contributed by atoms with Gasteiger partial charge in [0.1, 0.15) is 6.10 Å². The summed E-state index contributed by atoms with van der Waals surface area (Å²) in [5, 5.41) is 4.03. The first-order valence-electron chi connectivity index (χ1n) is 10.2. The Morgan fingerprint density at radius 3 is 2.88 bits per heavy atom. The summed E-state index contributed by atoms with van der Waals surface area (Å²) in [7, 11) is 0. The fourth-order valence-electron chi connectivity index (χ4n) is 7.23. The Hall–Kier alpha value is -1.58. The van der Waals surface area contributed by atoms with E-state index in [0.717, 1.165) is 30.4 Å². The van der Waals surface area contributed by atoms with Crippen LogP contribution < -0.4 is 0 Å². The molecular formula is C22H29NO3. The molecule has 1 unspecified atom stereocenters. The fourth-order valence-corrected chi connectivity index (χ4v) is 7.23. The van der Waals surface area contributed by atoms with E-state index in [1.165, 1.54) is 37.7 Å². The second-order valence-corrected chi connectivity index (χ2v) is 9.61. The zero-order valence-electron chi connectivity index (χ0n) is 16.1. The Bertz CT molecular complexity index is 780. The minimum atomic E-state index is -0.118. The molecule has 5 rings (SSSR count). The monoisotopic (exact) mass is 355 g/mol. The summed E-state index contributed by atoms with van der Waals surface area (Å²) in [5.41, 5.74) is 3.25. The molecule has 0 bridgehead atoms. The number of rotatable bonds is 1. The second kappa shape index (κ2) is 5.46. The predicted molar refractivity (Wildman–Crippen MR) is 98.1 cm³/mol. The van der Waals surface area contributed by atoms with Crippen LogP contribution in [0.3, 0.4) is 0 Å². The number of esters is 1. The second-order valence-electron chi connectivity index (χ2n) is 9.61. The van der Waals surface area contributed by atoms with E-state index in [2.05, 4.69) is 25.1 Å². The molecule has 0 aromatic carbocycles. The molecule has 26 heavy (non-hydrogen) atoms. The largest absolute Gasteiger partial charge is 0.462 e. The molecule has 140 valence electrons. The zero-order chi connectivity index (χ0) is 18.1. The first-order chi connectivity index (χ1) is 12.4. The van der Waals surface area contributed by atoms with E-state index in [4.69, 9.17) is 9.26 Å². The molecule has 0 saturated heterocycles. The third kappa shape index (κ3) is 2.13. The molecule has 1 aromatic heterocycles. The number of nitrogens with zero attached hydrogens (tertiary/aromatic N) is 1. The lowest BCUT2D eigenvalue weighted by Gasteiger charge is -2.57. The lowest BCUT2D eigenvalue weighted by Crippen LogP contribution is -2.51. The maximum Gasteiger partial charge on any atom is 0.302 e. The zero-order valence-corrected chi connectivity index (χ0v) is 16.1. The molecule has 4 nitrogen and oxygen atoms in total. The number of ether oxygens (including phenoxy) is 1. The Balaban J connectivity index is 1.46. The molecule has 0 aliphatic heterocycles. The van der Waals surface area contributed by atoms with E-state index < -0.39 is 0 Å². The number of fused-ring (bicyclic) bond motifs is 6. The van der Waals surface area contributed by atoms with Crippen molar-refractivity contribution >= 4 is 12.0 Å². The molecule has 3 fully saturated rings. The highest BCUT2D eigenvalue weighted by Crippen LogP contribution is 2.65. The van der Waals surface area contributed by atoms with Crippen molar-refractivity contribution in [3.63, 3.8) is 0 Å². The summed E-state index contributed by atoms with van der Waals surface area (Å²) in [6.45, 7) is 6.42. The molecule has 4 aliphatic rings. The molecule has 0 N–H and O–H groups in total. The fraction of sp³-hybridized carbons (Fsp3) is 0.727. The van der Waals surface area contributed by atoms with Gasteiger partial charge < -0.3 is 9.26 Å². The summed E-state index contributed by atoms with van der Waals surface area (Å²) in [6, 6.07) is 0. The Labute approximate surface area is 155 Å². The number of carbonyl (C=O) groups excluding carboxylic acids is 1. The van der Waals surface area contributed by atoms with Crippen LogP contribution in [0.5, 0.6) is 0 Å². The molecular weight excluding hydrogens is 326 g/mol. The number of hydrogen-bond donors (Lipinski definition) is 0. The van der Waals surface area contributed by atoms with Gasteiger partial charge in [-0.15, -0.1) is 0 Å². The SMILES string of the molecule is CC(=O)OC1CC[C@H]2[C@@H]3CCC4=Cc5oncc5C[C@]4(C)[C@H]3CC[C@]12C. The van der Waals surface area contributed by atoms with Crippen LogP contribution in [-0.2, 0) is 16.0 Å². The van der Waals surface area contributed by atoms with Crippen molar-refractivity contribution in [1.82, 2.24) is 5.16 Å². The molecule has 0 amide bonds. The van der Waals surface area contributed by atoms with Crippen LogP contribution in [0, 0.1) is 28.6 Å². The molecule has 3 saturated carbocycles. The van der Waals surface area contributed by atoms with E-state index >= 15 is 0 Å². The Morgan fingerprint density at radius 1 is 1.23 bits per heavy atom. The third-order valence-electron chi connectivity index (χ3n) is 8.50. The maximum atomic E-state index is 11.6. The third-order valence-corrected chi connectivity index (χ3v) is 8.50. The normalized spacial score (nSPS) is 43.6. The van der Waals surface area contributed by atoms with Crippen LogP contribution in [-0.4, -0.2) is 17.2 Å². The molecule has 4 aliphatic carbocycles. The van der Waals surface area contributed by atoms with Crippen molar-refractivity contribution in [2.24, 2.45) is 28.6 Å². The van der Waals surface area contributed by atoms with Crippen LogP contribution in [0.2, 0.25) is 0 Å². The molecule has 6 atom stereocenters. The van der Waals surface area contributed by atoms with E-state index in [1.54, 1.807) is 12.5 Å².